The number of hydrogen-bond donors (Lipinski definition) is 3. The van der Waals surface area contributed by atoms with Crippen molar-refractivity contribution in [2.24, 2.45) is 5.92 Å². The summed E-state index contributed by atoms with van der Waals surface area (Å²) in [6, 6.07) is 12.8. The number of nitrogens with zero attached hydrogens (tertiary/aromatic N) is 1. The van der Waals surface area contributed by atoms with E-state index in [2.05, 4.69) is 20.8 Å². The number of alkyl carbamates (subject to hydrolysis) is 1. The lowest BCUT2D eigenvalue weighted by atomic mass is 9.84. The largest absolute Gasteiger partial charge is 0.445 e. The minimum Gasteiger partial charge on any atom is -0.445 e. The number of H-pyrrole nitrogens is 1. The summed E-state index contributed by atoms with van der Waals surface area (Å²) < 4.78 is 50.8. The van der Waals surface area contributed by atoms with Crippen molar-refractivity contribution in [1.29, 1.82) is 0 Å². The SMILES string of the molecule is O=C(NCCC1CCC(Nc2cc(-c3n[nH]c(=O)o3)ccc2C(F)(F)F)CC1)OCc1ccccc1. The smallest absolute Gasteiger partial charge is 0.434 e. The molecule has 1 fully saturated rings. The van der Waals surface area contributed by atoms with E-state index < -0.39 is 23.6 Å². The molecule has 1 heterocycles. The van der Waals surface area contributed by atoms with Crippen molar-refractivity contribution in [3.63, 3.8) is 0 Å². The van der Waals surface area contributed by atoms with Crippen molar-refractivity contribution in [2.75, 3.05) is 11.9 Å². The number of hydrogen-bond acceptors (Lipinski definition) is 6. The van der Waals surface area contributed by atoms with Gasteiger partial charge in [0, 0.05) is 23.8 Å². The zero-order valence-corrected chi connectivity index (χ0v) is 19.4. The van der Waals surface area contributed by atoms with Gasteiger partial charge in [-0.05, 0) is 61.8 Å². The zero-order chi connectivity index (χ0) is 25.5. The van der Waals surface area contributed by atoms with Crippen LogP contribution in [-0.2, 0) is 17.5 Å². The number of anilines is 1. The van der Waals surface area contributed by atoms with Gasteiger partial charge in [-0.3, -0.25) is 0 Å². The van der Waals surface area contributed by atoms with E-state index in [1.54, 1.807) is 0 Å². The third kappa shape index (κ3) is 6.89. The number of aromatic amines is 1. The summed E-state index contributed by atoms with van der Waals surface area (Å²) in [6.45, 7) is 0.683. The van der Waals surface area contributed by atoms with Crippen molar-refractivity contribution in [2.45, 2.75) is 50.9 Å². The molecule has 0 radical (unpaired) electrons. The summed E-state index contributed by atoms with van der Waals surface area (Å²) in [7, 11) is 0. The summed E-state index contributed by atoms with van der Waals surface area (Å²) in [5, 5.41) is 11.6. The first kappa shape index (κ1) is 25.3. The fraction of sp³-hybridized carbons (Fsp3) is 0.400. The minimum absolute atomic E-state index is 0.0723. The average molecular weight is 505 g/mol. The maximum Gasteiger partial charge on any atom is 0.434 e. The maximum absolute atomic E-state index is 13.6. The second-order valence-corrected chi connectivity index (χ2v) is 8.82. The Kier molecular flexibility index (Phi) is 7.97. The van der Waals surface area contributed by atoms with Crippen LogP contribution in [0.25, 0.3) is 11.5 Å². The number of benzene rings is 2. The first-order valence-electron chi connectivity index (χ1n) is 11.8. The number of nitrogens with one attached hydrogen (secondary N) is 3. The van der Waals surface area contributed by atoms with Crippen LogP contribution < -0.4 is 16.4 Å². The Balaban J connectivity index is 1.26. The van der Waals surface area contributed by atoms with Crippen LogP contribution in [0.5, 0.6) is 0 Å². The number of halogens is 3. The second-order valence-electron chi connectivity index (χ2n) is 8.82. The van der Waals surface area contributed by atoms with E-state index in [9.17, 15) is 22.8 Å². The van der Waals surface area contributed by atoms with Crippen LogP contribution in [-0.4, -0.2) is 28.9 Å². The first-order chi connectivity index (χ1) is 17.3. The Bertz CT molecular complexity index is 1200. The highest BCUT2D eigenvalue weighted by molar-refractivity contribution is 5.67. The number of rotatable bonds is 8. The molecule has 1 saturated carbocycles. The highest BCUT2D eigenvalue weighted by atomic mass is 19.4. The second kappa shape index (κ2) is 11.3. The quantitative estimate of drug-likeness (QED) is 0.382. The topological polar surface area (TPSA) is 109 Å². The van der Waals surface area contributed by atoms with E-state index in [4.69, 9.17) is 9.15 Å². The fourth-order valence-electron chi connectivity index (χ4n) is 4.37. The van der Waals surface area contributed by atoms with E-state index in [1.807, 2.05) is 30.3 Å². The molecule has 3 aromatic rings. The molecule has 1 aliphatic carbocycles. The molecule has 1 amide bonds. The van der Waals surface area contributed by atoms with Crippen LogP contribution in [0.2, 0.25) is 0 Å². The highest BCUT2D eigenvalue weighted by Crippen LogP contribution is 2.38. The van der Waals surface area contributed by atoms with Gasteiger partial charge in [0.25, 0.3) is 0 Å². The molecule has 11 heteroatoms. The highest BCUT2D eigenvalue weighted by Gasteiger charge is 2.34. The first-order valence-corrected chi connectivity index (χ1v) is 11.8. The monoisotopic (exact) mass is 504 g/mol. The Hall–Kier alpha value is -3.76. The molecule has 0 saturated heterocycles. The van der Waals surface area contributed by atoms with Gasteiger partial charge in [-0.2, -0.15) is 13.2 Å². The van der Waals surface area contributed by atoms with Crippen LogP contribution in [0, 0.1) is 5.92 Å². The number of ether oxygens (including phenoxy) is 1. The molecule has 192 valence electrons. The lowest BCUT2D eigenvalue weighted by Crippen LogP contribution is -2.30. The van der Waals surface area contributed by atoms with Gasteiger partial charge < -0.3 is 19.8 Å². The number of carbonyl (C=O) groups is 1. The molecule has 2 aromatic carbocycles. The normalized spacial score (nSPS) is 18.0. The van der Waals surface area contributed by atoms with Crippen molar-refractivity contribution in [3.8, 4) is 11.5 Å². The van der Waals surface area contributed by atoms with Crippen LogP contribution in [0.3, 0.4) is 0 Å². The van der Waals surface area contributed by atoms with Gasteiger partial charge in [0.05, 0.1) is 5.56 Å². The van der Waals surface area contributed by atoms with Gasteiger partial charge in [-0.1, -0.05) is 30.3 Å². The third-order valence-electron chi connectivity index (χ3n) is 6.25. The van der Waals surface area contributed by atoms with Crippen LogP contribution in [0.4, 0.5) is 23.7 Å². The Morgan fingerprint density at radius 2 is 1.86 bits per heavy atom. The third-order valence-corrected chi connectivity index (χ3v) is 6.25. The molecular weight excluding hydrogens is 477 g/mol. The lowest BCUT2D eigenvalue weighted by Gasteiger charge is -2.30. The van der Waals surface area contributed by atoms with Crippen molar-refractivity contribution in [1.82, 2.24) is 15.5 Å². The Morgan fingerprint density at radius 3 is 2.53 bits per heavy atom. The van der Waals surface area contributed by atoms with E-state index in [1.165, 1.54) is 12.1 Å². The fourth-order valence-corrected chi connectivity index (χ4v) is 4.37. The predicted octanol–water partition coefficient (Wildman–Crippen LogP) is 5.34. The molecule has 0 aliphatic heterocycles. The van der Waals surface area contributed by atoms with Crippen molar-refractivity contribution < 1.29 is 27.1 Å². The summed E-state index contributed by atoms with van der Waals surface area (Å²) in [4.78, 5) is 23.1. The Morgan fingerprint density at radius 1 is 1.11 bits per heavy atom. The molecule has 0 unspecified atom stereocenters. The summed E-state index contributed by atoms with van der Waals surface area (Å²) in [5.74, 6) is -0.490. The molecular formula is C25H27F3N4O4. The van der Waals surface area contributed by atoms with Gasteiger partial charge >= 0.3 is 18.0 Å². The van der Waals surface area contributed by atoms with Crippen molar-refractivity contribution >= 4 is 11.8 Å². The minimum atomic E-state index is -4.54. The molecule has 4 rings (SSSR count). The van der Waals surface area contributed by atoms with E-state index in [0.29, 0.717) is 25.3 Å². The van der Waals surface area contributed by atoms with E-state index in [-0.39, 0.29) is 29.8 Å². The molecule has 1 aliphatic rings. The molecule has 36 heavy (non-hydrogen) atoms. The molecule has 3 N–H and O–H groups in total. The van der Waals surface area contributed by atoms with Crippen LogP contribution >= 0.6 is 0 Å². The van der Waals surface area contributed by atoms with Crippen LogP contribution in [0.15, 0.2) is 57.7 Å². The summed E-state index contributed by atoms with van der Waals surface area (Å²) >= 11 is 0. The summed E-state index contributed by atoms with van der Waals surface area (Å²) in [6.07, 6.45) is -1.19. The molecule has 8 nitrogen and oxygen atoms in total. The number of alkyl halides is 3. The van der Waals surface area contributed by atoms with Gasteiger partial charge in [-0.25, -0.2) is 14.7 Å². The van der Waals surface area contributed by atoms with Gasteiger partial charge in [0.1, 0.15) is 6.61 Å². The van der Waals surface area contributed by atoms with Crippen LogP contribution in [0.1, 0.15) is 43.2 Å². The lowest BCUT2D eigenvalue weighted by molar-refractivity contribution is -0.137. The zero-order valence-electron chi connectivity index (χ0n) is 19.4. The number of carbonyl (C=O) groups excluding carboxylic acids is 1. The molecule has 0 bridgehead atoms. The van der Waals surface area contributed by atoms with Gasteiger partial charge in [0.15, 0.2) is 0 Å². The van der Waals surface area contributed by atoms with E-state index in [0.717, 1.165) is 30.9 Å². The number of aromatic nitrogens is 2. The summed E-state index contributed by atoms with van der Waals surface area (Å²) in [5.41, 5.74) is 0.316. The Labute approximate surface area is 205 Å². The predicted molar refractivity (Wildman–Crippen MR) is 126 cm³/mol. The standard InChI is InChI=1S/C25H27F3N4O4/c26-25(27,28)20-11-8-18(22-31-32-24(34)36-22)14-21(20)30-19-9-6-16(7-10-19)12-13-29-23(33)35-15-17-4-2-1-3-5-17/h1-5,8,11,14,16,19,30H,6-7,9-10,12-13,15H2,(H,29,33)(H,32,34). The van der Waals surface area contributed by atoms with Gasteiger partial charge in [0.2, 0.25) is 5.89 Å². The molecule has 0 spiro atoms. The molecule has 1 aromatic heterocycles. The van der Waals surface area contributed by atoms with E-state index >= 15 is 0 Å². The average Bonchev–Trinajstić information content (AvgIpc) is 3.30. The molecule has 0 atom stereocenters. The van der Waals surface area contributed by atoms with Crippen molar-refractivity contribution in [3.05, 3.63) is 70.2 Å². The maximum atomic E-state index is 13.6. The number of amides is 1. The van der Waals surface area contributed by atoms with Gasteiger partial charge in [-0.15, -0.1) is 5.10 Å².